The van der Waals surface area contributed by atoms with Crippen molar-refractivity contribution in [2.75, 3.05) is 30.9 Å². The van der Waals surface area contributed by atoms with E-state index in [1.54, 1.807) is 11.0 Å². The van der Waals surface area contributed by atoms with Gasteiger partial charge >= 0.3 is 0 Å². The largest absolute Gasteiger partial charge is 0.378 e. The van der Waals surface area contributed by atoms with Gasteiger partial charge in [0, 0.05) is 71.0 Å². The average Bonchev–Trinajstić information content (AvgIpc) is 3.40. The molecule has 2 amide bonds. The van der Waals surface area contributed by atoms with Gasteiger partial charge in [-0.05, 0) is 78.2 Å². The van der Waals surface area contributed by atoms with Gasteiger partial charge in [0.1, 0.15) is 11.4 Å². The van der Waals surface area contributed by atoms with Gasteiger partial charge in [-0.3, -0.25) is 14.4 Å². The minimum absolute atomic E-state index is 0.00536. The molecule has 3 N–H and O–H groups in total. The molecule has 204 valence electrons. The number of amides is 2. The van der Waals surface area contributed by atoms with Crippen molar-refractivity contribution >= 4 is 62.1 Å². The van der Waals surface area contributed by atoms with Crippen molar-refractivity contribution in [3.8, 4) is 0 Å². The molecule has 9 heteroatoms. The number of H-pyrrole nitrogens is 2. The van der Waals surface area contributed by atoms with Crippen LogP contribution in [-0.4, -0.2) is 53.1 Å². The summed E-state index contributed by atoms with van der Waals surface area (Å²) in [6.07, 6.45) is 2.67. The van der Waals surface area contributed by atoms with Crippen LogP contribution in [0.5, 0.6) is 0 Å². The number of hydrogen-bond donors (Lipinski definition) is 3. The second-order valence-corrected chi connectivity index (χ2v) is 12.5. The number of carbonyl (C=O) groups is 3. The zero-order valence-electron chi connectivity index (χ0n) is 22.8. The molecular weight excluding hydrogens is 534 g/mol. The quantitative estimate of drug-likeness (QED) is 0.257. The number of hydrogen-bond acceptors (Lipinski definition) is 5. The Hall–Kier alpha value is -4.63. The summed E-state index contributed by atoms with van der Waals surface area (Å²) >= 11 is 1.51. The van der Waals surface area contributed by atoms with Gasteiger partial charge in [-0.2, -0.15) is 0 Å². The highest BCUT2D eigenvalue weighted by Crippen LogP contribution is 2.68. The maximum atomic E-state index is 13.7. The fourth-order valence-corrected chi connectivity index (χ4v) is 7.86. The predicted octanol–water partition coefficient (Wildman–Crippen LogP) is 5.83. The molecule has 5 aromatic rings. The van der Waals surface area contributed by atoms with Gasteiger partial charge < -0.3 is 25.1 Å². The average molecular weight is 562 g/mol. The number of nitrogens with one attached hydrogen (secondary N) is 3. The number of allylic oxidation sites excluding steroid dienone is 2. The van der Waals surface area contributed by atoms with Gasteiger partial charge in [0.15, 0.2) is 5.78 Å². The van der Waals surface area contributed by atoms with Crippen molar-refractivity contribution in [1.82, 2.24) is 14.9 Å². The Balaban J connectivity index is 1.05. The molecule has 1 saturated heterocycles. The van der Waals surface area contributed by atoms with Crippen LogP contribution in [0.25, 0.3) is 21.8 Å². The van der Waals surface area contributed by atoms with E-state index < -0.39 is 0 Å². The van der Waals surface area contributed by atoms with Crippen LogP contribution in [0, 0.1) is 12.8 Å². The lowest BCUT2D eigenvalue weighted by molar-refractivity contribution is 0.0806. The van der Waals surface area contributed by atoms with E-state index in [1.165, 1.54) is 11.3 Å². The molecule has 3 aromatic heterocycles. The molecule has 8 rings (SSSR count). The summed E-state index contributed by atoms with van der Waals surface area (Å²) in [4.78, 5) is 50.8. The molecule has 1 aliphatic heterocycles. The topological polar surface area (TPSA) is 101 Å². The first-order valence-corrected chi connectivity index (χ1v) is 14.5. The van der Waals surface area contributed by atoms with Crippen LogP contribution in [0.1, 0.15) is 48.2 Å². The molecule has 3 aliphatic rings. The third-order valence-electron chi connectivity index (χ3n) is 8.89. The number of anilines is 2. The number of nitrogens with zero attached hydrogens (tertiary/aromatic N) is 2. The van der Waals surface area contributed by atoms with E-state index in [2.05, 4.69) is 27.6 Å². The number of ketones is 1. The Morgan fingerprint density at radius 1 is 1.02 bits per heavy atom. The molecule has 2 aliphatic carbocycles. The van der Waals surface area contributed by atoms with Crippen molar-refractivity contribution < 1.29 is 14.4 Å². The molecule has 41 heavy (non-hydrogen) atoms. The Labute approximate surface area is 239 Å². The van der Waals surface area contributed by atoms with Gasteiger partial charge in [-0.15, -0.1) is 11.3 Å². The van der Waals surface area contributed by atoms with Gasteiger partial charge in [0.25, 0.3) is 11.8 Å². The molecule has 2 atom stereocenters. The van der Waals surface area contributed by atoms with Crippen LogP contribution >= 0.6 is 11.3 Å². The number of rotatable bonds is 4. The Morgan fingerprint density at radius 2 is 1.83 bits per heavy atom. The van der Waals surface area contributed by atoms with Crippen molar-refractivity contribution in [2.24, 2.45) is 5.92 Å². The van der Waals surface area contributed by atoms with Crippen LogP contribution < -0.4 is 10.2 Å². The fraction of sp³-hybridized carbons (Fsp3) is 0.219. The van der Waals surface area contributed by atoms with Crippen molar-refractivity contribution in [3.05, 3.63) is 93.1 Å². The zero-order chi connectivity index (χ0) is 28.2. The van der Waals surface area contributed by atoms with Crippen LogP contribution in [0.15, 0.2) is 65.7 Å². The van der Waals surface area contributed by atoms with Crippen LogP contribution in [0.3, 0.4) is 0 Å². The highest BCUT2D eigenvalue weighted by molar-refractivity contribution is 7.12. The molecule has 8 nitrogen and oxygen atoms in total. The molecule has 1 saturated carbocycles. The summed E-state index contributed by atoms with van der Waals surface area (Å²) in [7, 11) is 3.96. The number of piperidine rings is 1. The molecular formula is C32H27N5O3S. The Kier molecular flexibility index (Phi) is 4.84. The lowest BCUT2D eigenvalue weighted by Gasteiger charge is -2.28. The van der Waals surface area contributed by atoms with Crippen LogP contribution in [0.2, 0.25) is 0 Å². The normalized spacial score (nSPS) is 20.6. The molecule has 2 aromatic carbocycles. The first-order chi connectivity index (χ1) is 19.7. The number of thiophene rings is 1. The number of fused-ring (bicyclic) bond motifs is 3. The third kappa shape index (κ3) is 3.42. The van der Waals surface area contributed by atoms with E-state index in [4.69, 9.17) is 0 Å². The van der Waals surface area contributed by atoms with Crippen LogP contribution in [0.4, 0.5) is 11.4 Å². The number of aromatic nitrogens is 2. The van der Waals surface area contributed by atoms with Gasteiger partial charge in [-0.25, -0.2) is 0 Å². The maximum absolute atomic E-state index is 13.7. The fourth-order valence-electron chi connectivity index (χ4n) is 6.81. The van der Waals surface area contributed by atoms with Gasteiger partial charge in [-0.1, -0.05) is 6.07 Å². The number of aryl methyl sites for hydroxylation is 1. The molecule has 1 spiro atoms. The minimum atomic E-state index is -0.239. The summed E-state index contributed by atoms with van der Waals surface area (Å²) in [5.41, 5.74) is 7.25. The smallest absolute Gasteiger partial charge is 0.274 e. The first kappa shape index (κ1) is 24.2. The predicted molar refractivity (Wildman–Crippen MR) is 161 cm³/mol. The number of carbonyl (C=O) groups excluding carboxylic acids is 3. The summed E-state index contributed by atoms with van der Waals surface area (Å²) < 4.78 is 0. The molecule has 0 bridgehead atoms. The van der Waals surface area contributed by atoms with E-state index in [1.807, 2.05) is 67.5 Å². The van der Waals surface area contributed by atoms with Crippen molar-refractivity contribution in [2.45, 2.75) is 18.8 Å². The van der Waals surface area contributed by atoms with Crippen molar-refractivity contribution in [3.63, 3.8) is 0 Å². The summed E-state index contributed by atoms with van der Waals surface area (Å²) in [5, 5.41) is 6.81. The molecule has 0 radical (unpaired) electrons. The maximum Gasteiger partial charge on any atom is 0.274 e. The molecule has 4 heterocycles. The Morgan fingerprint density at radius 3 is 2.66 bits per heavy atom. The molecule has 2 fully saturated rings. The number of likely N-dealkylation sites (tertiary alicyclic amines) is 1. The second kappa shape index (κ2) is 8.20. The Bertz CT molecular complexity index is 2010. The standard InChI is InChI=1S/C32H27N5O3S/c1-16-15-41-29-26(38)12-27-32(28(16)29)13-19(32)14-37(27)31(40)25-10-18-8-20(5-7-22(18)34-25)33-30(39)24-9-17-4-6-21(36(2)3)11-23(17)35-24/h4-12,15,19,34-35H,13-14H2,1-3H3,(H,33,39). The number of aromatic amines is 2. The summed E-state index contributed by atoms with van der Waals surface area (Å²) in [6.45, 7) is 2.68. The summed E-state index contributed by atoms with van der Waals surface area (Å²) in [5.74, 6) is -0.0290. The highest BCUT2D eigenvalue weighted by Gasteiger charge is 2.68. The van der Waals surface area contributed by atoms with E-state index in [9.17, 15) is 14.4 Å². The van der Waals surface area contributed by atoms with Crippen LogP contribution in [-0.2, 0) is 5.41 Å². The monoisotopic (exact) mass is 561 g/mol. The van der Waals surface area contributed by atoms with Crippen molar-refractivity contribution in [1.29, 1.82) is 0 Å². The third-order valence-corrected chi connectivity index (χ3v) is 10.0. The second-order valence-electron chi connectivity index (χ2n) is 11.6. The lowest BCUT2D eigenvalue weighted by atomic mass is 9.84. The zero-order valence-corrected chi connectivity index (χ0v) is 23.6. The van der Waals surface area contributed by atoms with Gasteiger partial charge in [0.05, 0.1) is 4.88 Å². The summed E-state index contributed by atoms with van der Waals surface area (Å²) in [6, 6.07) is 15.2. The van der Waals surface area contributed by atoms with Gasteiger partial charge in [0.2, 0.25) is 0 Å². The number of benzene rings is 2. The highest BCUT2D eigenvalue weighted by atomic mass is 32.1. The van der Waals surface area contributed by atoms with E-state index >= 15 is 0 Å². The SMILES string of the molecule is Cc1csc2c1C13CC1CN(C(=O)c1cc4cc(NC(=O)c5cc6ccc(N(C)C)cc6[nH]5)ccc4[nH]1)C3=CC2=O. The lowest BCUT2D eigenvalue weighted by Crippen LogP contribution is -2.33. The van der Waals surface area contributed by atoms with E-state index in [0.29, 0.717) is 29.5 Å². The first-order valence-electron chi connectivity index (χ1n) is 13.6. The minimum Gasteiger partial charge on any atom is -0.378 e. The van der Waals surface area contributed by atoms with E-state index in [0.717, 1.165) is 55.6 Å². The van der Waals surface area contributed by atoms with E-state index in [-0.39, 0.29) is 23.0 Å². The molecule has 2 unspecified atom stereocenters.